The van der Waals surface area contributed by atoms with E-state index in [-0.39, 0.29) is 17.9 Å². The number of nitrogens with one attached hydrogen (secondary N) is 2. The number of hydrogen-bond donors (Lipinski definition) is 5. The van der Waals surface area contributed by atoms with Gasteiger partial charge in [0.15, 0.2) is 5.72 Å². The van der Waals surface area contributed by atoms with Crippen LogP contribution in [0.15, 0.2) is 59.8 Å². The van der Waals surface area contributed by atoms with Gasteiger partial charge in [-0.05, 0) is 68.7 Å². The van der Waals surface area contributed by atoms with Crippen molar-refractivity contribution in [2.75, 3.05) is 37.2 Å². The van der Waals surface area contributed by atoms with Crippen molar-refractivity contribution in [3.05, 3.63) is 76.0 Å². The van der Waals surface area contributed by atoms with Gasteiger partial charge in [-0.2, -0.15) is 0 Å². The number of nitrogens with two attached hydrogens (primary N) is 2. The molecular formula is C38H48ClN5O9. The van der Waals surface area contributed by atoms with Gasteiger partial charge < -0.3 is 45.2 Å². The second-order valence-corrected chi connectivity index (χ2v) is 14.4. The molecule has 2 aromatic carbocycles. The van der Waals surface area contributed by atoms with Crippen molar-refractivity contribution in [2.45, 2.75) is 82.7 Å². The maximum Gasteiger partial charge on any atom is 0.412 e. The summed E-state index contributed by atoms with van der Waals surface area (Å²) in [5, 5.41) is 17.1. The predicted molar refractivity (Wildman–Crippen MR) is 201 cm³/mol. The van der Waals surface area contributed by atoms with Crippen molar-refractivity contribution < 1.29 is 43.2 Å². The molecule has 0 spiro atoms. The lowest BCUT2D eigenvalue weighted by Crippen LogP contribution is -2.63. The highest BCUT2D eigenvalue weighted by Crippen LogP contribution is 2.49. The minimum atomic E-state index is -1.82. The number of aliphatic hydroxyl groups is 1. The third-order valence-electron chi connectivity index (χ3n) is 9.92. The number of benzene rings is 2. The lowest BCUT2D eigenvalue weighted by Gasteiger charge is -2.42. The maximum atomic E-state index is 14.1. The Morgan fingerprint density at radius 3 is 2.62 bits per heavy atom. The fourth-order valence-corrected chi connectivity index (χ4v) is 7.22. The number of nitrogen functional groups attached to an aromatic ring is 1. The summed E-state index contributed by atoms with van der Waals surface area (Å²) < 4.78 is 29.1. The summed E-state index contributed by atoms with van der Waals surface area (Å²) in [6.45, 7) is 7.18. The van der Waals surface area contributed by atoms with Gasteiger partial charge in [0.25, 0.3) is 0 Å². The van der Waals surface area contributed by atoms with E-state index in [0.29, 0.717) is 40.5 Å². The molecule has 14 nitrogen and oxygen atoms in total. The zero-order valence-electron chi connectivity index (χ0n) is 30.9. The molecule has 5 rings (SSSR count). The van der Waals surface area contributed by atoms with Crippen LogP contribution in [0.2, 0.25) is 5.02 Å². The van der Waals surface area contributed by atoms with Crippen molar-refractivity contribution in [3.8, 4) is 5.75 Å². The van der Waals surface area contributed by atoms with Crippen LogP contribution >= 0.6 is 11.6 Å². The average Bonchev–Trinajstić information content (AvgIpc) is 3.78. The van der Waals surface area contributed by atoms with Crippen LogP contribution in [0.25, 0.3) is 6.08 Å². The van der Waals surface area contributed by atoms with Crippen molar-refractivity contribution in [1.29, 1.82) is 0 Å². The number of amides is 3. The van der Waals surface area contributed by atoms with Gasteiger partial charge in [-0.15, -0.1) is 0 Å². The van der Waals surface area contributed by atoms with Gasteiger partial charge in [0, 0.05) is 43.6 Å². The van der Waals surface area contributed by atoms with E-state index in [1.165, 1.54) is 19.1 Å². The molecule has 0 radical (unpaired) electrons. The highest BCUT2D eigenvalue weighted by molar-refractivity contribution is 6.35. The second-order valence-electron chi connectivity index (χ2n) is 14.0. The Morgan fingerprint density at radius 2 is 1.96 bits per heavy atom. The Labute approximate surface area is 314 Å². The first-order valence-electron chi connectivity index (χ1n) is 17.2. The Bertz CT molecular complexity index is 1850. The molecule has 286 valence electrons. The van der Waals surface area contributed by atoms with Crippen molar-refractivity contribution >= 4 is 52.8 Å². The first-order chi connectivity index (χ1) is 25.0. The van der Waals surface area contributed by atoms with Crippen LogP contribution in [-0.4, -0.2) is 80.2 Å². The van der Waals surface area contributed by atoms with E-state index >= 15 is 0 Å². The molecule has 2 saturated heterocycles. The fraction of sp³-hybridized carbons (Fsp3) is 0.447. The summed E-state index contributed by atoms with van der Waals surface area (Å²) in [6, 6.07) is 8.50. The number of ether oxygens (including phenoxy) is 5. The highest BCUT2D eigenvalue weighted by atomic mass is 35.5. The number of carbonyl (C=O) groups excluding carboxylic acids is 3. The van der Waals surface area contributed by atoms with Gasteiger partial charge >= 0.3 is 12.2 Å². The van der Waals surface area contributed by atoms with Crippen molar-refractivity contribution in [3.63, 3.8) is 0 Å². The highest BCUT2D eigenvalue weighted by Gasteiger charge is 2.64. The molecule has 0 aliphatic carbocycles. The first-order valence-corrected chi connectivity index (χ1v) is 17.6. The molecule has 3 aliphatic rings. The Balaban J connectivity index is 1.52. The van der Waals surface area contributed by atoms with Gasteiger partial charge in [-0.3, -0.25) is 15.4 Å². The largest absolute Gasteiger partial charge is 0.495 e. The van der Waals surface area contributed by atoms with Crippen LogP contribution < -0.4 is 31.7 Å². The molecule has 7 atom stereocenters. The number of methoxy groups -OCH3 is 2. The molecule has 53 heavy (non-hydrogen) atoms. The number of nitrogens with zero attached hydrogens (tertiary/aromatic N) is 1. The van der Waals surface area contributed by atoms with Crippen LogP contribution in [0.3, 0.4) is 0 Å². The van der Waals surface area contributed by atoms with E-state index in [9.17, 15) is 19.5 Å². The van der Waals surface area contributed by atoms with Crippen LogP contribution in [0.5, 0.6) is 5.75 Å². The lowest BCUT2D eigenvalue weighted by atomic mass is 9.83. The number of epoxide rings is 1. The standard InChI is InChI=1S/C38H48ClN5O9/c1-20-9-8-10-30(50-7)38(48)19-29(51-36(47)43-38)22(3)34-37(4,53-34)31(52-35(46)42-25-12-11-24(14-21(2)40)26(41)17-25)18-32(45)44(5)27-15-23(13-20)16-28(49-6)33(27)39/h8-12,14-17,22,29-31,34,48H,13,18-19,40-41H2,1-7H3,(H,42,46)(H,43,47)/b10-8+,20-9+,21-14+/t22-,29+,30-,31+,34+,37+,38+/m1/s1. The molecule has 0 saturated carbocycles. The predicted octanol–water partition coefficient (Wildman–Crippen LogP) is 5.27. The van der Waals surface area contributed by atoms with Crippen molar-refractivity contribution in [2.24, 2.45) is 11.7 Å². The molecule has 3 aliphatic heterocycles. The number of hydrogen-bond acceptors (Lipinski definition) is 11. The molecule has 3 heterocycles. The molecule has 0 aromatic heterocycles. The third kappa shape index (κ3) is 8.73. The van der Waals surface area contributed by atoms with E-state index in [0.717, 1.165) is 11.1 Å². The quantitative estimate of drug-likeness (QED) is 0.197. The minimum absolute atomic E-state index is 0.0461. The van der Waals surface area contributed by atoms with Crippen LogP contribution in [0, 0.1) is 5.92 Å². The zero-order valence-corrected chi connectivity index (χ0v) is 31.7. The normalized spacial score (nSPS) is 30.9. The van der Waals surface area contributed by atoms with E-state index < -0.39 is 59.8 Å². The minimum Gasteiger partial charge on any atom is -0.495 e. The average molecular weight is 754 g/mol. The van der Waals surface area contributed by atoms with E-state index in [2.05, 4.69) is 10.6 Å². The number of anilines is 3. The fourth-order valence-electron chi connectivity index (χ4n) is 6.91. The van der Waals surface area contributed by atoms with Crippen molar-refractivity contribution in [1.82, 2.24) is 5.32 Å². The van der Waals surface area contributed by atoms with Gasteiger partial charge in [-0.1, -0.05) is 48.4 Å². The van der Waals surface area contributed by atoms with Crippen LogP contribution in [0.1, 0.15) is 51.7 Å². The number of fused-ring (bicyclic) bond motifs is 5. The Hall–Kier alpha value is -4.76. The molecule has 15 heteroatoms. The second kappa shape index (κ2) is 15.7. The van der Waals surface area contributed by atoms with Gasteiger partial charge in [-0.25, -0.2) is 9.59 Å². The van der Waals surface area contributed by atoms with Gasteiger partial charge in [0.2, 0.25) is 5.91 Å². The zero-order chi connectivity index (χ0) is 38.8. The smallest absolute Gasteiger partial charge is 0.412 e. The molecule has 0 unspecified atom stereocenters. The summed E-state index contributed by atoms with van der Waals surface area (Å²) in [7, 11) is 4.50. The molecular weight excluding hydrogens is 706 g/mol. The topological polar surface area (TPSA) is 200 Å². The number of allylic oxidation sites excluding steroid dienone is 4. The first kappa shape index (κ1) is 39.4. The van der Waals surface area contributed by atoms with E-state index in [1.54, 1.807) is 76.4 Å². The monoisotopic (exact) mass is 753 g/mol. The Morgan fingerprint density at radius 1 is 1.23 bits per heavy atom. The molecule has 2 fully saturated rings. The number of alkyl carbamates (subject to hydrolysis) is 1. The summed E-state index contributed by atoms with van der Waals surface area (Å²) in [6.07, 6.45) is 1.83. The number of halogens is 1. The molecule has 2 aromatic rings. The summed E-state index contributed by atoms with van der Waals surface area (Å²) in [4.78, 5) is 41.8. The molecule has 4 bridgehead atoms. The third-order valence-corrected chi connectivity index (χ3v) is 10.3. The summed E-state index contributed by atoms with van der Waals surface area (Å²) in [5.74, 6) is -0.575. The van der Waals surface area contributed by atoms with E-state index in [1.807, 2.05) is 13.0 Å². The summed E-state index contributed by atoms with van der Waals surface area (Å²) >= 11 is 6.75. The van der Waals surface area contributed by atoms with Gasteiger partial charge in [0.1, 0.15) is 34.7 Å². The number of carbonyl (C=O) groups is 3. The lowest BCUT2D eigenvalue weighted by molar-refractivity contribution is -0.142. The van der Waals surface area contributed by atoms with Crippen LogP contribution in [0.4, 0.5) is 26.7 Å². The maximum absolute atomic E-state index is 14.1. The molecule has 7 N–H and O–H groups in total. The number of rotatable bonds is 5. The van der Waals surface area contributed by atoms with Crippen LogP contribution in [-0.2, 0) is 30.2 Å². The van der Waals surface area contributed by atoms with Gasteiger partial charge in [0.05, 0.1) is 25.3 Å². The SMILES string of the molecule is COc1cc2cc(c1Cl)N(C)C(=O)C[C@H](OC(=O)Nc1ccc(/C=C(\C)N)c(N)c1)[C@]1(C)O[C@H]1[C@H](C)[C@@H]1C[C@@](O)(NC(=O)O1)[C@H](OC)/C=C/C=C(\C)C2. The summed E-state index contributed by atoms with van der Waals surface area (Å²) in [5.41, 5.74) is 13.1. The van der Waals surface area contributed by atoms with E-state index in [4.69, 9.17) is 46.8 Å². The molecule has 3 amide bonds. The Kier molecular flexibility index (Phi) is 11.7.